The molecule has 0 spiro atoms. The van der Waals surface area contributed by atoms with E-state index in [0.29, 0.717) is 23.5 Å². The molecule has 4 aromatic rings. The van der Waals surface area contributed by atoms with Gasteiger partial charge in [-0.05, 0) is 49.1 Å². The second kappa shape index (κ2) is 10.6. The van der Waals surface area contributed by atoms with E-state index in [1.165, 1.54) is 0 Å². The van der Waals surface area contributed by atoms with Gasteiger partial charge in [-0.15, -0.1) is 0 Å². The van der Waals surface area contributed by atoms with Crippen molar-refractivity contribution < 1.29 is 19.1 Å². The van der Waals surface area contributed by atoms with Crippen molar-refractivity contribution in [2.45, 2.75) is 32.3 Å². The number of thiazole rings is 1. The van der Waals surface area contributed by atoms with Crippen LogP contribution < -0.4 is 9.64 Å². The number of nitrogens with zero attached hydrogens (tertiary/aromatic N) is 2. The fourth-order valence-electron chi connectivity index (χ4n) is 4.73. The minimum Gasteiger partial charge on any atom is -0.398 e. The number of rotatable bonds is 7. The zero-order valence-electron chi connectivity index (χ0n) is 20.3. The van der Waals surface area contributed by atoms with E-state index in [0.717, 1.165) is 46.2 Å². The third-order valence-electron chi connectivity index (χ3n) is 6.69. The Morgan fingerprint density at radius 1 is 1.00 bits per heavy atom. The molecule has 1 amide bonds. The van der Waals surface area contributed by atoms with Crippen molar-refractivity contribution in [1.29, 1.82) is 0 Å². The largest absolute Gasteiger partial charge is 0.398 e. The van der Waals surface area contributed by atoms with Crippen LogP contribution in [0.15, 0.2) is 72.8 Å². The van der Waals surface area contributed by atoms with Gasteiger partial charge in [-0.25, -0.2) is 4.98 Å². The van der Waals surface area contributed by atoms with Crippen molar-refractivity contribution in [3.05, 3.63) is 77.7 Å². The maximum absolute atomic E-state index is 13.9. The molecule has 1 aliphatic carbocycles. The van der Waals surface area contributed by atoms with Crippen LogP contribution in [0.5, 0.6) is 5.19 Å². The van der Waals surface area contributed by atoms with Crippen molar-refractivity contribution >= 4 is 39.7 Å². The molecule has 6 nitrogen and oxygen atoms in total. The number of esters is 1. The third kappa shape index (κ3) is 4.90. The lowest BCUT2D eigenvalue weighted by molar-refractivity contribution is -0.139. The van der Waals surface area contributed by atoms with Crippen molar-refractivity contribution in [3.63, 3.8) is 0 Å². The van der Waals surface area contributed by atoms with Gasteiger partial charge in [0.25, 0.3) is 11.1 Å². The average molecular weight is 501 g/mol. The fourth-order valence-corrected chi connectivity index (χ4v) is 5.62. The van der Waals surface area contributed by atoms with Crippen LogP contribution in [0.3, 0.4) is 0 Å². The summed E-state index contributed by atoms with van der Waals surface area (Å²) in [4.78, 5) is 33.5. The van der Waals surface area contributed by atoms with Crippen LogP contribution in [-0.2, 0) is 9.53 Å². The SMILES string of the molecule is CCN(C(=O)c1sc(OC(=O)C2CCC(OC)C2)nc1-c1ccccc1)c1ccc2ccccc2c1. The van der Waals surface area contributed by atoms with E-state index in [-0.39, 0.29) is 29.1 Å². The van der Waals surface area contributed by atoms with Gasteiger partial charge in [0.15, 0.2) is 0 Å². The number of amides is 1. The average Bonchev–Trinajstić information content (AvgIpc) is 3.57. The first kappa shape index (κ1) is 24.2. The summed E-state index contributed by atoms with van der Waals surface area (Å²) in [7, 11) is 1.66. The molecule has 1 aromatic heterocycles. The molecule has 0 N–H and O–H groups in total. The Morgan fingerprint density at radius 2 is 1.75 bits per heavy atom. The molecule has 1 heterocycles. The predicted octanol–water partition coefficient (Wildman–Crippen LogP) is 6.35. The number of hydrogen-bond donors (Lipinski definition) is 0. The smallest absolute Gasteiger partial charge is 0.316 e. The summed E-state index contributed by atoms with van der Waals surface area (Å²) in [5, 5.41) is 2.37. The highest BCUT2D eigenvalue weighted by Gasteiger charge is 2.33. The summed E-state index contributed by atoms with van der Waals surface area (Å²) in [5.41, 5.74) is 2.13. The van der Waals surface area contributed by atoms with Gasteiger partial charge in [-0.2, -0.15) is 0 Å². The summed E-state index contributed by atoms with van der Waals surface area (Å²) >= 11 is 1.12. The van der Waals surface area contributed by atoms with E-state index in [4.69, 9.17) is 9.47 Å². The number of hydrogen-bond acceptors (Lipinski definition) is 6. The summed E-state index contributed by atoms with van der Waals surface area (Å²) in [6, 6.07) is 23.6. The molecule has 5 rings (SSSR count). The minimum absolute atomic E-state index is 0.0796. The van der Waals surface area contributed by atoms with E-state index >= 15 is 0 Å². The van der Waals surface area contributed by atoms with E-state index in [2.05, 4.69) is 4.98 Å². The Morgan fingerprint density at radius 3 is 2.47 bits per heavy atom. The highest BCUT2D eigenvalue weighted by Crippen LogP contribution is 2.36. The number of aromatic nitrogens is 1. The van der Waals surface area contributed by atoms with E-state index in [1.807, 2.05) is 79.7 Å². The summed E-state index contributed by atoms with van der Waals surface area (Å²) in [6.07, 6.45) is 2.29. The molecule has 0 bridgehead atoms. The van der Waals surface area contributed by atoms with Gasteiger partial charge in [-0.3, -0.25) is 9.59 Å². The van der Waals surface area contributed by atoms with Crippen LogP contribution in [0.2, 0.25) is 0 Å². The Balaban J connectivity index is 1.47. The molecule has 184 valence electrons. The number of carbonyl (C=O) groups is 2. The molecule has 1 saturated carbocycles. The predicted molar refractivity (Wildman–Crippen MR) is 143 cm³/mol. The van der Waals surface area contributed by atoms with Crippen LogP contribution in [0, 0.1) is 5.92 Å². The second-order valence-electron chi connectivity index (χ2n) is 8.89. The van der Waals surface area contributed by atoms with E-state index in [9.17, 15) is 9.59 Å². The Hall–Kier alpha value is -3.55. The number of methoxy groups -OCH3 is 1. The Kier molecular flexibility index (Phi) is 7.11. The van der Waals surface area contributed by atoms with E-state index < -0.39 is 0 Å². The van der Waals surface area contributed by atoms with Gasteiger partial charge in [0.2, 0.25) is 0 Å². The van der Waals surface area contributed by atoms with Crippen molar-refractivity contribution in [2.24, 2.45) is 5.92 Å². The maximum Gasteiger partial charge on any atom is 0.316 e. The van der Waals surface area contributed by atoms with Crippen LogP contribution in [-0.4, -0.2) is 36.6 Å². The minimum atomic E-state index is -0.316. The van der Waals surface area contributed by atoms with Gasteiger partial charge < -0.3 is 14.4 Å². The molecule has 1 fully saturated rings. The molecular weight excluding hydrogens is 472 g/mol. The molecular formula is C29H28N2O4S. The topological polar surface area (TPSA) is 68.7 Å². The molecule has 1 aliphatic rings. The van der Waals surface area contributed by atoms with Crippen LogP contribution in [0.4, 0.5) is 5.69 Å². The maximum atomic E-state index is 13.9. The first-order valence-electron chi connectivity index (χ1n) is 12.2. The molecule has 36 heavy (non-hydrogen) atoms. The summed E-state index contributed by atoms with van der Waals surface area (Å²) in [5.74, 6) is -0.710. The van der Waals surface area contributed by atoms with Gasteiger partial charge in [0, 0.05) is 24.9 Å². The zero-order valence-corrected chi connectivity index (χ0v) is 21.2. The highest BCUT2D eigenvalue weighted by atomic mass is 32.1. The van der Waals surface area contributed by atoms with Gasteiger partial charge >= 0.3 is 5.97 Å². The van der Waals surface area contributed by atoms with Gasteiger partial charge in [0.1, 0.15) is 4.88 Å². The lowest BCUT2D eigenvalue weighted by Crippen LogP contribution is -2.30. The first-order chi connectivity index (χ1) is 17.6. The van der Waals surface area contributed by atoms with Gasteiger partial charge in [0.05, 0.1) is 17.7 Å². The summed E-state index contributed by atoms with van der Waals surface area (Å²) in [6.45, 7) is 2.43. The van der Waals surface area contributed by atoms with Crippen molar-refractivity contribution in [3.8, 4) is 16.5 Å². The van der Waals surface area contributed by atoms with Crippen LogP contribution in [0.1, 0.15) is 35.9 Å². The molecule has 7 heteroatoms. The number of carbonyl (C=O) groups excluding carboxylic acids is 2. The number of ether oxygens (including phenoxy) is 2. The highest BCUT2D eigenvalue weighted by molar-refractivity contribution is 7.16. The number of fused-ring (bicyclic) bond motifs is 1. The lowest BCUT2D eigenvalue weighted by atomic mass is 10.1. The quantitative estimate of drug-likeness (QED) is 0.277. The number of anilines is 1. The first-order valence-corrected chi connectivity index (χ1v) is 13.0. The molecule has 3 aromatic carbocycles. The molecule has 0 radical (unpaired) electrons. The number of benzene rings is 3. The Labute approximate surface area is 214 Å². The molecule has 0 aliphatic heterocycles. The van der Waals surface area contributed by atoms with E-state index in [1.54, 1.807) is 12.0 Å². The molecule has 2 atom stereocenters. The molecule has 2 unspecified atom stereocenters. The second-order valence-corrected chi connectivity index (χ2v) is 9.85. The van der Waals surface area contributed by atoms with Crippen LogP contribution in [0.25, 0.3) is 22.0 Å². The fraction of sp³-hybridized carbons (Fsp3) is 0.276. The third-order valence-corrected chi connectivity index (χ3v) is 7.62. The van der Waals surface area contributed by atoms with Crippen LogP contribution >= 0.6 is 11.3 Å². The standard InChI is InChI=1S/C29H28N2O4S/c1-3-31(23-15-13-19-9-7-8-12-21(19)17-23)27(32)26-25(20-10-5-4-6-11-20)30-29(36-26)35-28(33)22-14-16-24(18-22)34-2/h4-13,15,17,22,24H,3,14,16,18H2,1-2H3. The molecule has 0 saturated heterocycles. The monoisotopic (exact) mass is 500 g/mol. The summed E-state index contributed by atoms with van der Waals surface area (Å²) < 4.78 is 11.1. The van der Waals surface area contributed by atoms with Gasteiger partial charge in [-0.1, -0.05) is 72.0 Å². The Bertz CT molecular complexity index is 1380. The normalized spacial score (nSPS) is 17.3. The van der Waals surface area contributed by atoms with Crippen molar-refractivity contribution in [2.75, 3.05) is 18.6 Å². The van der Waals surface area contributed by atoms with Crippen molar-refractivity contribution in [1.82, 2.24) is 4.98 Å². The lowest BCUT2D eigenvalue weighted by Gasteiger charge is -2.21. The zero-order chi connectivity index (χ0) is 25.1.